The summed E-state index contributed by atoms with van der Waals surface area (Å²) in [6, 6.07) is 16.3. The van der Waals surface area contributed by atoms with Gasteiger partial charge in [0.05, 0.1) is 5.52 Å². The summed E-state index contributed by atoms with van der Waals surface area (Å²) in [4.78, 5) is 12.3. The van der Waals surface area contributed by atoms with Crippen molar-refractivity contribution in [2.45, 2.75) is 6.92 Å². The number of nitrogens with zero attached hydrogens (tertiary/aromatic N) is 2. The molecule has 4 rings (SSSR count). The van der Waals surface area contributed by atoms with Crippen molar-refractivity contribution in [1.29, 1.82) is 0 Å². The van der Waals surface area contributed by atoms with Crippen molar-refractivity contribution in [3.63, 3.8) is 0 Å². The van der Waals surface area contributed by atoms with Gasteiger partial charge in [-0.3, -0.25) is 0 Å². The molecule has 0 saturated carbocycles. The molecule has 0 aliphatic carbocycles. The Hall–Kier alpha value is -3.21. The molecule has 2 N–H and O–H groups in total. The first-order valence-corrected chi connectivity index (χ1v) is 7.63. The van der Waals surface area contributed by atoms with Crippen LogP contribution < -0.4 is 5.32 Å². The maximum atomic E-state index is 13.4. The van der Waals surface area contributed by atoms with E-state index in [1.165, 1.54) is 17.7 Å². The van der Waals surface area contributed by atoms with Gasteiger partial charge < -0.3 is 10.3 Å². The SMILES string of the molecule is Cc1ccc(-c2nc3c(Nc4cccc(F)c4)nccc3[nH]2)cc1. The summed E-state index contributed by atoms with van der Waals surface area (Å²) >= 11 is 0. The second-order valence-electron chi connectivity index (χ2n) is 5.64. The highest BCUT2D eigenvalue weighted by molar-refractivity contribution is 5.89. The normalized spacial score (nSPS) is 10.9. The van der Waals surface area contributed by atoms with Crippen molar-refractivity contribution in [2.75, 3.05) is 5.32 Å². The molecule has 0 radical (unpaired) electrons. The number of hydrogen-bond donors (Lipinski definition) is 2. The highest BCUT2D eigenvalue weighted by Crippen LogP contribution is 2.26. The second kappa shape index (κ2) is 5.77. The lowest BCUT2D eigenvalue weighted by Crippen LogP contribution is -1.94. The minimum absolute atomic E-state index is 0.297. The summed E-state index contributed by atoms with van der Waals surface area (Å²) in [6.45, 7) is 2.05. The van der Waals surface area contributed by atoms with Crippen LogP contribution in [0.25, 0.3) is 22.4 Å². The molecular formula is C19H15FN4. The fourth-order valence-electron chi connectivity index (χ4n) is 2.58. The van der Waals surface area contributed by atoms with E-state index < -0.39 is 0 Å². The number of aromatic nitrogens is 3. The number of anilines is 2. The van der Waals surface area contributed by atoms with Gasteiger partial charge in [0.1, 0.15) is 17.2 Å². The van der Waals surface area contributed by atoms with Gasteiger partial charge >= 0.3 is 0 Å². The Morgan fingerprint density at radius 3 is 2.67 bits per heavy atom. The Morgan fingerprint density at radius 1 is 1.04 bits per heavy atom. The number of benzene rings is 2. The van der Waals surface area contributed by atoms with E-state index in [9.17, 15) is 4.39 Å². The summed E-state index contributed by atoms with van der Waals surface area (Å²) < 4.78 is 13.4. The number of pyridine rings is 1. The Morgan fingerprint density at radius 2 is 1.88 bits per heavy atom. The zero-order valence-electron chi connectivity index (χ0n) is 13.0. The number of aromatic amines is 1. The van der Waals surface area contributed by atoms with Gasteiger partial charge in [-0.1, -0.05) is 35.9 Å². The molecule has 5 heteroatoms. The number of nitrogens with one attached hydrogen (secondary N) is 2. The Kier molecular flexibility index (Phi) is 3.46. The van der Waals surface area contributed by atoms with Crippen LogP contribution in [0.4, 0.5) is 15.9 Å². The number of fused-ring (bicyclic) bond motifs is 1. The first kappa shape index (κ1) is 14.4. The Labute approximate surface area is 138 Å². The van der Waals surface area contributed by atoms with Crippen LogP contribution >= 0.6 is 0 Å². The third-order valence-electron chi connectivity index (χ3n) is 3.81. The molecule has 0 unspecified atom stereocenters. The van der Waals surface area contributed by atoms with E-state index in [0.717, 1.165) is 22.4 Å². The Bertz CT molecular complexity index is 1010. The van der Waals surface area contributed by atoms with Gasteiger partial charge in [0.15, 0.2) is 5.82 Å². The average Bonchev–Trinajstić information content (AvgIpc) is 3.01. The molecule has 4 nitrogen and oxygen atoms in total. The fraction of sp³-hybridized carbons (Fsp3) is 0.0526. The second-order valence-corrected chi connectivity index (χ2v) is 5.64. The molecule has 0 bridgehead atoms. The maximum absolute atomic E-state index is 13.4. The molecule has 24 heavy (non-hydrogen) atoms. The van der Waals surface area contributed by atoms with Crippen molar-refractivity contribution in [3.8, 4) is 11.4 Å². The van der Waals surface area contributed by atoms with Crippen molar-refractivity contribution >= 4 is 22.5 Å². The molecule has 118 valence electrons. The average molecular weight is 318 g/mol. The zero-order valence-corrected chi connectivity index (χ0v) is 13.0. The van der Waals surface area contributed by atoms with E-state index in [1.54, 1.807) is 18.3 Å². The monoisotopic (exact) mass is 318 g/mol. The molecular weight excluding hydrogens is 303 g/mol. The first-order valence-electron chi connectivity index (χ1n) is 7.63. The molecule has 4 aromatic rings. The third-order valence-corrected chi connectivity index (χ3v) is 3.81. The summed E-state index contributed by atoms with van der Waals surface area (Å²) in [5.74, 6) is 1.07. The van der Waals surface area contributed by atoms with Crippen LogP contribution in [0.15, 0.2) is 60.8 Å². The molecule has 0 aliphatic heterocycles. The van der Waals surface area contributed by atoms with Crippen molar-refractivity contribution in [2.24, 2.45) is 0 Å². The summed E-state index contributed by atoms with van der Waals surface area (Å²) in [5, 5.41) is 3.13. The molecule has 2 aromatic heterocycles. The largest absolute Gasteiger partial charge is 0.338 e. The number of hydrogen-bond acceptors (Lipinski definition) is 3. The van der Waals surface area contributed by atoms with E-state index in [4.69, 9.17) is 0 Å². The number of aryl methyl sites for hydroxylation is 1. The van der Waals surface area contributed by atoms with Gasteiger partial charge in [0, 0.05) is 17.4 Å². The quantitative estimate of drug-likeness (QED) is 0.569. The Balaban J connectivity index is 1.76. The standard InChI is InChI=1S/C19H15FN4/c1-12-5-7-13(8-6-12)18-23-16-9-10-21-19(17(16)24-18)22-15-4-2-3-14(20)11-15/h2-11H,1H3,(H,21,22)(H,23,24). The van der Waals surface area contributed by atoms with Crippen LogP contribution in [0.1, 0.15) is 5.56 Å². The maximum Gasteiger partial charge on any atom is 0.158 e. The van der Waals surface area contributed by atoms with E-state index >= 15 is 0 Å². The predicted molar refractivity (Wildman–Crippen MR) is 93.7 cm³/mol. The van der Waals surface area contributed by atoms with Crippen molar-refractivity contribution in [1.82, 2.24) is 15.0 Å². The van der Waals surface area contributed by atoms with Gasteiger partial charge in [0.2, 0.25) is 0 Å². The molecule has 0 fully saturated rings. The van der Waals surface area contributed by atoms with Crippen LogP contribution in [0.2, 0.25) is 0 Å². The van der Waals surface area contributed by atoms with Gasteiger partial charge in [-0.15, -0.1) is 0 Å². The van der Waals surface area contributed by atoms with Gasteiger partial charge in [0.25, 0.3) is 0 Å². The fourth-order valence-corrected chi connectivity index (χ4v) is 2.58. The van der Waals surface area contributed by atoms with Crippen LogP contribution in [-0.2, 0) is 0 Å². The minimum Gasteiger partial charge on any atom is -0.338 e. The lowest BCUT2D eigenvalue weighted by molar-refractivity contribution is 0.628. The molecule has 0 spiro atoms. The number of imidazole rings is 1. The molecule has 0 saturated heterocycles. The van der Waals surface area contributed by atoms with E-state index in [-0.39, 0.29) is 5.82 Å². The van der Waals surface area contributed by atoms with Crippen molar-refractivity contribution in [3.05, 3.63) is 72.2 Å². The van der Waals surface area contributed by atoms with Crippen LogP contribution in [0.3, 0.4) is 0 Å². The van der Waals surface area contributed by atoms with E-state index in [0.29, 0.717) is 11.5 Å². The molecule has 0 atom stereocenters. The molecule has 2 aromatic carbocycles. The lowest BCUT2D eigenvalue weighted by Gasteiger charge is -2.05. The molecule has 0 amide bonds. The van der Waals surface area contributed by atoms with Crippen LogP contribution in [-0.4, -0.2) is 15.0 Å². The van der Waals surface area contributed by atoms with Gasteiger partial charge in [-0.25, -0.2) is 14.4 Å². The zero-order chi connectivity index (χ0) is 16.5. The van der Waals surface area contributed by atoms with E-state index in [1.807, 2.05) is 37.3 Å². The van der Waals surface area contributed by atoms with Gasteiger partial charge in [-0.2, -0.15) is 0 Å². The van der Waals surface area contributed by atoms with E-state index in [2.05, 4.69) is 20.3 Å². The summed E-state index contributed by atoms with van der Waals surface area (Å²) in [5.41, 5.74) is 4.44. The molecule has 2 heterocycles. The topological polar surface area (TPSA) is 53.6 Å². The highest BCUT2D eigenvalue weighted by Gasteiger charge is 2.10. The van der Waals surface area contributed by atoms with Crippen LogP contribution in [0, 0.1) is 12.7 Å². The van der Waals surface area contributed by atoms with Crippen LogP contribution in [0.5, 0.6) is 0 Å². The number of H-pyrrole nitrogens is 1. The number of halogens is 1. The minimum atomic E-state index is -0.297. The number of rotatable bonds is 3. The van der Waals surface area contributed by atoms with Crippen molar-refractivity contribution < 1.29 is 4.39 Å². The predicted octanol–water partition coefficient (Wildman–Crippen LogP) is 4.82. The highest BCUT2D eigenvalue weighted by atomic mass is 19.1. The smallest absolute Gasteiger partial charge is 0.158 e. The lowest BCUT2D eigenvalue weighted by atomic mass is 10.1. The summed E-state index contributed by atoms with van der Waals surface area (Å²) in [6.07, 6.45) is 1.70. The summed E-state index contributed by atoms with van der Waals surface area (Å²) in [7, 11) is 0. The third kappa shape index (κ3) is 2.72. The van der Waals surface area contributed by atoms with Gasteiger partial charge in [-0.05, 0) is 31.2 Å². The molecule has 0 aliphatic rings. The first-order chi connectivity index (χ1) is 11.7.